The normalized spacial score (nSPS) is 13.9. The Morgan fingerprint density at radius 1 is 1.00 bits per heavy atom. The zero-order chi connectivity index (χ0) is 23.3. The molecular weight excluding hydrogens is 436 g/mol. The maximum Gasteiger partial charge on any atom is 0.264 e. The third-order valence-corrected chi connectivity index (χ3v) is 7.57. The summed E-state index contributed by atoms with van der Waals surface area (Å²) >= 11 is 0. The molecule has 0 bridgehead atoms. The number of fused-ring (bicyclic) bond motifs is 1. The molecule has 7 heteroatoms. The van der Waals surface area contributed by atoms with Crippen LogP contribution >= 0.6 is 0 Å². The quantitative estimate of drug-likeness (QED) is 0.520. The van der Waals surface area contributed by atoms with E-state index in [-0.39, 0.29) is 23.5 Å². The average Bonchev–Trinajstić information content (AvgIpc) is 3.27. The second-order valence-corrected chi connectivity index (χ2v) is 10.1. The third kappa shape index (κ3) is 5.54. The molecule has 0 aromatic heterocycles. The standard InChI is InChI=1S/C26H28N2O4S/c1-20(11-12-21-7-3-2-4-8-21)27-26(29)19-32-23-13-15-24(16-14-23)33(30,31)28-18-17-22-9-5-6-10-25(22)28/h2-10,13-16,20H,11-12,17-19H2,1H3,(H,27,29)/t20-/m1/s1. The van der Waals surface area contributed by atoms with Crippen LogP contribution in [-0.2, 0) is 27.7 Å². The van der Waals surface area contributed by atoms with Crippen LogP contribution in [0.2, 0.25) is 0 Å². The van der Waals surface area contributed by atoms with Gasteiger partial charge in [-0.1, -0.05) is 48.5 Å². The van der Waals surface area contributed by atoms with Gasteiger partial charge in [0.25, 0.3) is 15.9 Å². The number of rotatable bonds is 9. The zero-order valence-corrected chi connectivity index (χ0v) is 19.4. The van der Waals surface area contributed by atoms with Crippen LogP contribution in [0.1, 0.15) is 24.5 Å². The van der Waals surface area contributed by atoms with E-state index >= 15 is 0 Å². The Hall–Kier alpha value is -3.32. The predicted octanol–water partition coefficient (Wildman–Crippen LogP) is 3.95. The van der Waals surface area contributed by atoms with Gasteiger partial charge >= 0.3 is 0 Å². The number of anilines is 1. The zero-order valence-electron chi connectivity index (χ0n) is 18.6. The molecule has 0 radical (unpaired) electrons. The summed E-state index contributed by atoms with van der Waals surface area (Å²) in [5, 5.41) is 2.94. The van der Waals surface area contributed by atoms with Crippen molar-refractivity contribution in [2.45, 2.75) is 37.1 Å². The lowest BCUT2D eigenvalue weighted by Crippen LogP contribution is -2.36. The predicted molar refractivity (Wildman–Crippen MR) is 129 cm³/mol. The molecule has 3 aromatic rings. The largest absolute Gasteiger partial charge is 0.484 e. The molecule has 1 N–H and O–H groups in total. The Kier molecular flexibility index (Phi) is 6.99. The number of sulfonamides is 1. The summed E-state index contributed by atoms with van der Waals surface area (Å²) in [5.41, 5.74) is 3.00. The molecule has 33 heavy (non-hydrogen) atoms. The number of carbonyl (C=O) groups excluding carboxylic acids is 1. The number of amides is 1. The molecule has 0 saturated carbocycles. The first-order valence-corrected chi connectivity index (χ1v) is 12.5. The van der Waals surface area contributed by atoms with Crippen LogP contribution in [0.15, 0.2) is 83.8 Å². The average molecular weight is 465 g/mol. The van der Waals surface area contributed by atoms with Gasteiger partial charge in [-0.3, -0.25) is 9.10 Å². The fourth-order valence-electron chi connectivity index (χ4n) is 3.96. The van der Waals surface area contributed by atoms with E-state index in [2.05, 4.69) is 17.4 Å². The minimum atomic E-state index is -3.65. The van der Waals surface area contributed by atoms with Gasteiger partial charge in [0.1, 0.15) is 5.75 Å². The summed E-state index contributed by atoms with van der Waals surface area (Å²) in [4.78, 5) is 12.4. The molecule has 1 aliphatic heterocycles. The fourth-order valence-corrected chi connectivity index (χ4v) is 5.46. The Morgan fingerprint density at radius 2 is 1.70 bits per heavy atom. The van der Waals surface area contributed by atoms with Crippen LogP contribution in [0.25, 0.3) is 0 Å². The van der Waals surface area contributed by atoms with Gasteiger partial charge in [0, 0.05) is 12.6 Å². The number of para-hydroxylation sites is 1. The number of aryl methyl sites for hydroxylation is 1. The number of hydrogen-bond donors (Lipinski definition) is 1. The van der Waals surface area contributed by atoms with Crippen molar-refractivity contribution in [1.82, 2.24) is 5.32 Å². The molecule has 6 nitrogen and oxygen atoms in total. The van der Waals surface area contributed by atoms with Crippen LogP contribution in [0.5, 0.6) is 5.75 Å². The molecule has 172 valence electrons. The van der Waals surface area contributed by atoms with Crippen LogP contribution in [0, 0.1) is 0 Å². The summed E-state index contributed by atoms with van der Waals surface area (Å²) in [6.07, 6.45) is 2.43. The molecule has 0 fully saturated rings. The molecule has 3 aromatic carbocycles. The molecule has 1 aliphatic rings. The first-order valence-electron chi connectivity index (χ1n) is 11.1. The van der Waals surface area contributed by atoms with E-state index in [1.165, 1.54) is 22.0 Å². The van der Waals surface area contributed by atoms with Gasteiger partial charge in [-0.05, 0) is 67.6 Å². The summed E-state index contributed by atoms with van der Waals surface area (Å²) in [6.45, 7) is 2.28. The lowest BCUT2D eigenvalue weighted by atomic mass is 10.1. The first-order chi connectivity index (χ1) is 15.9. The van der Waals surface area contributed by atoms with E-state index in [1.807, 2.05) is 49.4 Å². The summed E-state index contributed by atoms with van der Waals surface area (Å²) in [5.74, 6) is 0.240. The van der Waals surface area contributed by atoms with Gasteiger partial charge in [0.05, 0.1) is 10.6 Å². The van der Waals surface area contributed by atoms with Crippen molar-refractivity contribution in [3.8, 4) is 5.75 Å². The van der Waals surface area contributed by atoms with Gasteiger partial charge in [-0.25, -0.2) is 8.42 Å². The molecule has 4 rings (SSSR count). The van der Waals surface area contributed by atoms with Crippen molar-refractivity contribution < 1.29 is 17.9 Å². The topological polar surface area (TPSA) is 75.7 Å². The van der Waals surface area contributed by atoms with Gasteiger partial charge < -0.3 is 10.1 Å². The van der Waals surface area contributed by atoms with Crippen molar-refractivity contribution in [3.63, 3.8) is 0 Å². The SMILES string of the molecule is C[C@H](CCc1ccccc1)NC(=O)COc1ccc(S(=O)(=O)N2CCc3ccccc32)cc1. The van der Waals surface area contributed by atoms with Crippen LogP contribution in [-0.4, -0.2) is 33.5 Å². The maximum absolute atomic E-state index is 13.1. The van der Waals surface area contributed by atoms with Crippen molar-refractivity contribution in [2.24, 2.45) is 0 Å². The summed E-state index contributed by atoms with van der Waals surface area (Å²) < 4.78 is 33.2. The Balaban J connectivity index is 1.28. The fraction of sp³-hybridized carbons (Fsp3) is 0.269. The number of nitrogens with one attached hydrogen (secondary N) is 1. The van der Waals surface area contributed by atoms with Gasteiger partial charge in [-0.2, -0.15) is 0 Å². The lowest BCUT2D eigenvalue weighted by molar-refractivity contribution is -0.123. The van der Waals surface area contributed by atoms with Crippen molar-refractivity contribution in [2.75, 3.05) is 17.5 Å². The molecule has 0 unspecified atom stereocenters. The van der Waals surface area contributed by atoms with E-state index in [9.17, 15) is 13.2 Å². The lowest BCUT2D eigenvalue weighted by Gasteiger charge is -2.19. The van der Waals surface area contributed by atoms with E-state index in [0.29, 0.717) is 18.7 Å². The molecule has 0 spiro atoms. The highest BCUT2D eigenvalue weighted by Crippen LogP contribution is 2.33. The number of benzene rings is 3. The highest BCUT2D eigenvalue weighted by atomic mass is 32.2. The Bertz CT molecular complexity index is 1190. The Labute approximate surface area is 195 Å². The molecule has 0 saturated heterocycles. The molecule has 0 aliphatic carbocycles. The summed E-state index contributed by atoms with van der Waals surface area (Å²) in [7, 11) is -3.65. The third-order valence-electron chi connectivity index (χ3n) is 5.74. The number of ether oxygens (including phenoxy) is 1. The van der Waals surface area contributed by atoms with Crippen LogP contribution in [0.3, 0.4) is 0 Å². The van der Waals surface area contributed by atoms with Crippen LogP contribution in [0.4, 0.5) is 5.69 Å². The van der Waals surface area contributed by atoms with Crippen molar-refractivity contribution in [1.29, 1.82) is 0 Å². The Morgan fingerprint density at radius 3 is 2.45 bits per heavy atom. The highest BCUT2D eigenvalue weighted by Gasteiger charge is 2.30. The molecule has 1 amide bonds. The van der Waals surface area contributed by atoms with Gasteiger partial charge in [-0.15, -0.1) is 0 Å². The number of carbonyl (C=O) groups is 1. The van der Waals surface area contributed by atoms with Gasteiger partial charge in [0.15, 0.2) is 6.61 Å². The highest BCUT2D eigenvalue weighted by molar-refractivity contribution is 7.92. The minimum absolute atomic E-state index is 0.0252. The first kappa shape index (κ1) is 22.9. The van der Waals surface area contributed by atoms with Crippen LogP contribution < -0.4 is 14.4 Å². The van der Waals surface area contributed by atoms with E-state index < -0.39 is 10.0 Å². The van der Waals surface area contributed by atoms with Crippen molar-refractivity contribution in [3.05, 3.63) is 90.0 Å². The number of nitrogens with zero attached hydrogens (tertiary/aromatic N) is 1. The molecule has 1 heterocycles. The smallest absolute Gasteiger partial charge is 0.264 e. The second-order valence-electron chi connectivity index (χ2n) is 8.21. The van der Waals surface area contributed by atoms with E-state index in [4.69, 9.17) is 4.74 Å². The monoisotopic (exact) mass is 464 g/mol. The number of hydrogen-bond acceptors (Lipinski definition) is 4. The van der Waals surface area contributed by atoms with E-state index in [1.54, 1.807) is 12.1 Å². The molecular formula is C26H28N2O4S. The minimum Gasteiger partial charge on any atom is -0.484 e. The van der Waals surface area contributed by atoms with E-state index in [0.717, 1.165) is 24.1 Å². The van der Waals surface area contributed by atoms with Gasteiger partial charge in [0.2, 0.25) is 0 Å². The summed E-state index contributed by atoms with van der Waals surface area (Å²) in [6, 6.07) is 23.9. The molecule has 1 atom stereocenters. The maximum atomic E-state index is 13.1. The second kappa shape index (κ2) is 10.1. The van der Waals surface area contributed by atoms with Crippen molar-refractivity contribution >= 4 is 21.6 Å².